The molecule has 0 atom stereocenters. The Balaban J connectivity index is 1.36. The Morgan fingerprint density at radius 2 is 0.806 bits per heavy atom. The van der Waals surface area contributed by atoms with Crippen molar-refractivity contribution in [2.75, 3.05) is 0 Å². The summed E-state index contributed by atoms with van der Waals surface area (Å²) in [5, 5.41) is -2.43. The van der Waals surface area contributed by atoms with E-state index in [0.29, 0.717) is 15.9 Å². The van der Waals surface area contributed by atoms with Crippen LogP contribution >= 0.6 is 11.3 Å². The van der Waals surface area contributed by atoms with E-state index in [1.54, 1.807) is 0 Å². The summed E-state index contributed by atoms with van der Waals surface area (Å²) in [6.07, 6.45) is 0. The van der Waals surface area contributed by atoms with Crippen LogP contribution in [0.2, 0.25) is 0 Å². The van der Waals surface area contributed by atoms with Crippen molar-refractivity contribution in [1.82, 2.24) is 19.5 Å². The highest BCUT2D eigenvalue weighted by Gasteiger charge is 2.22. The molecule has 0 amide bonds. The summed E-state index contributed by atoms with van der Waals surface area (Å²) in [7, 11) is 0. The molecule has 3 heterocycles. The van der Waals surface area contributed by atoms with Gasteiger partial charge in [0.15, 0.2) is 17.5 Å². The molecule has 9 aromatic carbocycles. The summed E-state index contributed by atoms with van der Waals surface area (Å²) in [4.78, 5) is 13.8. The van der Waals surface area contributed by atoms with Crippen LogP contribution in [0, 0.1) is 0 Å². The highest BCUT2D eigenvalue weighted by molar-refractivity contribution is 7.26. The molecular formula is C57H36N4S. The average molecular weight is 845 g/mol. The van der Waals surface area contributed by atoms with E-state index >= 15 is 0 Å². The van der Waals surface area contributed by atoms with Crippen molar-refractivity contribution in [2.45, 2.75) is 0 Å². The predicted molar refractivity (Wildman–Crippen MR) is 260 cm³/mol. The fourth-order valence-electron chi connectivity index (χ4n) is 6.71. The third kappa shape index (κ3) is 6.09. The van der Waals surface area contributed by atoms with Gasteiger partial charge in [0.25, 0.3) is 0 Å². The molecular weight excluding hydrogens is 773 g/mol. The second-order valence-corrected chi connectivity index (χ2v) is 13.8. The molecule has 12 rings (SSSR count). The minimum atomic E-state index is -1.24. The molecule has 0 saturated heterocycles. The van der Waals surface area contributed by atoms with E-state index in [4.69, 9.17) is 30.2 Å². The number of thiophene rings is 1. The molecule has 290 valence electrons. The van der Waals surface area contributed by atoms with Crippen LogP contribution in [-0.4, -0.2) is 19.5 Å². The standard InChI is InChI=1S/C57H36N4S/c1-4-17-37(18-5-1)40-31-33-51-48(35-40)49-36-41(38-19-6-2-7-20-38)32-34-52(49)61(51)50-29-14-12-26-46(50)56-58-55(45-25-11-10-23-42(45)39-21-8-3-9-22-39)59-57(60-56)47-28-16-27-44-43-24-13-15-30-53(43)62-54(44)47/h1-36H/i1D,2D,3D,4D,5D,6D,7D,8D,9D,10D,11D,12D,13D,14D,15D,16D,17D,18D,19D,20D,21D,22D,23D,24D,25D,26D,27D,28D,29D,30D,31D,32D,33D,34D,35D,36D. The molecule has 4 nitrogen and oxygen atoms in total. The zero-order valence-corrected chi connectivity index (χ0v) is 31.5. The molecule has 0 aliphatic heterocycles. The number of rotatable bonds is 7. The molecule has 12 aromatic rings. The van der Waals surface area contributed by atoms with Crippen molar-refractivity contribution in [2.24, 2.45) is 0 Å². The molecule has 0 radical (unpaired) electrons. The first-order chi connectivity index (χ1) is 45.7. The molecule has 0 unspecified atom stereocenters. The predicted octanol–water partition coefficient (Wildman–Crippen LogP) is 15.3. The van der Waals surface area contributed by atoms with Crippen molar-refractivity contribution >= 4 is 53.3 Å². The Kier molecular flexibility index (Phi) is 3.58. The van der Waals surface area contributed by atoms with Gasteiger partial charge < -0.3 is 4.57 Å². The number of hydrogen-bond donors (Lipinski definition) is 0. The number of para-hydroxylation sites is 1. The molecule has 0 bridgehead atoms. The van der Waals surface area contributed by atoms with Gasteiger partial charge in [0, 0.05) is 47.6 Å². The van der Waals surface area contributed by atoms with Crippen LogP contribution < -0.4 is 0 Å². The summed E-state index contributed by atoms with van der Waals surface area (Å²) in [6.45, 7) is 0. The normalized spacial score (nSPS) is 19.7. The van der Waals surface area contributed by atoms with E-state index < -0.39 is 318 Å². The van der Waals surface area contributed by atoms with E-state index in [1.165, 1.54) is 0 Å². The second kappa shape index (κ2) is 14.9. The molecule has 0 fully saturated rings. The fourth-order valence-corrected chi connectivity index (χ4v) is 7.77. The maximum atomic E-state index is 10.0. The van der Waals surface area contributed by atoms with Crippen molar-refractivity contribution in [3.8, 4) is 73.2 Å². The smallest absolute Gasteiger partial charge is 0.166 e. The Labute approximate surface area is 413 Å². The first kappa shape index (κ1) is 14.9. The zero-order chi connectivity index (χ0) is 72.3. The van der Waals surface area contributed by atoms with Crippen LogP contribution in [0.25, 0.3) is 115 Å². The molecule has 0 spiro atoms. The van der Waals surface area contributed by atoms with Gasteiger partial charge in [0.1, 0.15) is 0 Å². The maximum Gasteiger partial charge on any atom is 0.166 e. The number of nitrogens with zero attached hydrogens (tertiary/aromatic N) is 4. The van der Waals surface area contributed by atoms with E-state index in [-0.39, 0.29) is 14.8 Å². The monoisotopic (exact) mass is 844 g/mol. The Hall–Kier alpha value is -7.99. The molecule has 0 saturated carbocycles. The Bertz CT molecular complexity index is 5550. The largest absolute Gasteiger partial charge is 0.309 e. The third-order valence-electron chi connectivity index (χ3n) is 9.35. The van der Waals surface area contributed by atoms with Crippen LogP contribution in [0.15, 0.2) is 218 Å². The number of aromatic nitrogens is 4. The third-order valence-corrected chi connectivity index (χ3v) is 10.5. The lowest BCUT2D eigenvalue weighted by Crippen LogP contribution is -2.04. The molecule has 0 aliphatic carbocycles. The topological polar surface area (TPSA) is 43.6 Å². The SMILES string of the molecule is [2H]c1c([2H])c([2H])c(-c2c([2H])c([2H])c([2H])c([2H])c2-c2nc(-c3c([2H])c([2H])c([2H])c([2H])c3-n3c4c([2H])c([2H])c(-c5c([2H])c([2H])c([2H])c([2H])c5[2H])c([2H])c4c4c([2H])c(-c5c([2H])c([2H])c([2H])c([2H])c5[2H])c([2H])c([2H])c43)nc(-c3c([2H])c([2H])c([2H])c4c3sc3c([2H])c([2H])c([2H])c([2H])c34)n2)c([2H])c1[2H]. The summed E-state index contributed by atoms with van der Waals surface area (Å²) < 4.78 is 327. The molecule has 0 aliphatic rings. The van der Waals surface area contributed by atoms with E-state index in [9.17, 15) is 19.2 Å². The lowest BCUT2D eigenvalue weighted by Gasteiger charge is -2.16. The van der Waals surface area contributed by atoms with Crippen molar-refractivity contribution < 1.29 is 49.3 Å². The average Bonchev–Trinajstić information content (AvgIpc) is 1.51. The lowest BCUT2D eigenvalue weighted by molar-refractivity contribution is 1.07. The van der Waals surface area contributed by atoms with Crippen molar-refractivity contribution in [3.63, 3.8) is 0 Å². The van der Waals surface area contributed by atoms with Gasteiger partial charge in [-0.2, -0.15) is 0 Å². The van der Waals surface area contributed by atoms with Gasteiger partial charge in [-0.25, -0.2) is 15.0 Å². The van der Waals surface area contributed by atoms with E-state index in [1.807, 2.05) is 0 Å². The van der Waals surface area contributed by atoms with Gasteiger partial charge in [-0.05, 0) is 81.7 Å². The number of fused-ring (bicyclic) bond motifs is 6. The molecule has 62 heavy (non-hydrogen) atoms. The molecule has 0 N–H and O–H groups in total. The van der Waals surface area contributed by atoms with Gasteiger partial charge in [0.2, 0.25) is 0 Å². The lowest BCUT2D eigenvalue weighted by atomic mass is 9.99. The summed E-state index contributed by atoms with van der Waals surface area (Å²) in [6, 6.07) is -36.9. The van der Waals surface area contributed by atoms with Gasteiger partial charge in [0.05, 0.1) is 66.1 Å². The van der Waals surface area contributed by atoms with Gasteiger partial charge >= 0.3 is 0 Å². The highest BCUT2D eigenvalue weighted by Crippen LogP contribution is 2.42. The van der Waals surface area contributed by atoms with Crippen LogP contribution in [0.5, 0.6) is 0 Å². The van der Waals surface area contributed by atoms with E-state index in [0.717, 1.165) is 0 Å². The van der Waals surface area contributed by atoms with Gasteiger partial charge in [-0.3, -0.25) is 0 Å². The Morgan fingerprint density at radius 1 is 0.339 bits per heavy atom. The molecule has 3 aromatic heterocycles. The van der Waals surface area contributed by atoms with Gasteiger partial charge in [-0.1, -0.05) is 169 Å². The highest BCUT2D eigenvalue weighted by atomic mass is 32.1. The maximum absolute atomic E-state index is 10.0. The van der Waals surface area contributed by atoms with Crippen molar-refractivity contribution in [3.05, 3.63) is 218 Å². The van der Waals surface area contributed by atoms with Crippen LogP contribution in [-0.2, 0) is 0 Å². The van der Waals surface area contributed by atoms with Crippen molar-refractivity contribution in [1.29, 1.82) is 0 Å². The quantitative estimate of drug-likeness (QED) is 0.160. The van der Waals surface area contributed by atoms with E-state index in [2.05, 4.69) is 15.0 Å². The van der Waals surface area contributed by atoms with Crippen LogP contribution in [0.1, 0.15) is 49.3 Å². The zero-order valence-electron chi connectivity index (χ0n) is 66.7. The summed E-state index contributed by atoms with van der Waals surface area (Å²) in [5.74, 6) is -3.15. The molecule has 5 heteroatoms. The fraction of sp³-hybridized carbons (Fsp3) is 0. The second-order valence-electron chi connectivity index (χ2n) is 12.8. The van der Waals surface area contributed by atoms with Crippen LogP contribution in [0.4, 0.5) is 0 Å². The summed E-state index contributed by atoms with van der Waals surface area (Å²) >= 11 is 0.524. The first-order valence-electron chi connectivity index (χ1n) is 35.9. The van der Waals surface area contributed by atoms with Gasteiger partial charge in [-0.15, -0.1) is 11.3 Å². The van der Waals surface area contributed by atoms with Crippen LogP contribution in [0.3, 0.4) is 0 Å². The number of hydrogen-bond acceptors (Lipinski definition) is 4. The minimum absolute atomic E-state index is 0.251. The number of benzene rings is 9. The summed E-state index contributed by atoms with van der Waals surface area (Å²) in [5.41, 5.74) is -11.0. The minimum Gasteiger partial charge on any atom is -0.309 e. The first-order valence-corrected chi connectivity index (χ1v) is 18.7. The Morgan fingerprint density at radius 3 is 1.45 bits per heavy atom.